The first kappa shape index (κ1) is 13.1. The van der Waals surface area contributed by atoms with Crippen molar-refractivity contribution in [2.24, 2.45) is 0 Å². The second kappa shape index (κ2) is 5.53. The van der Waals surface area contributed by atoms with E-state index < -0.39 is 0 Å². The average Bonchev–Trinajstić information content (AvgIpc) is 2.91. The van der Waals surface area contributed by atoms with Crippen LogP contribution in [0.2, 0.25) is 0 Å². The predicted molar refractivity (Wildman–Crippen MR) is 76.5 cm³/mol. The van der Waals surface area contributed by atoms with E-state index in [1.807, 2.05) is 0 Å². The molecule has 1 nitrogen and oxygen atoms in total. The van der Waals surface area contributed by atoms with E-state index in [0.29, 0.717) is 0 Å². The molecule has 0 bridgehead atoms. The average molecular weight is 242 g/mol. The van der Waals surface area contributed by atoms with E-state index in [2.05, 4.69) is 69.3 Å². The molecule has 96 valence electrons. The monoisotopic (exact) mass is 242 g/mol. The van der Waals surface area contributed by atoms with Gasteiger partial charge in [0.2, 0.25) is 0 Å². The molecule has 0 saturated carbocycles. The number of hydrogen-bond donors (Lipinski definition) is 0. The van der Waals surface area contributed by atoms with Crippen LogP contribution in [-0.2, 0) is 10.3 Å². The van der Waals surface area contributed by atoms with E-state index in [0.717, 1.165) is 12.8 Å². The fraction of sp³-hybridized carbons (Fsp3) is 0.412. The van der Waals surface area contributed by atoms with Crippen molar-refractivity contribution in [3.8, 4) is 0 Å². The van der Waals surface area contributed by atoms with Crippen LogP contribution in [0, 0.1) is 0 Å². The van der Waals surface area contributed by atoms with Gasteiger partial charge in [0, 0.05) is 0 Å². The minimum Gasteiger partial charge on any atom is -0.363 e. The minimum atomic E-state index is -0.289. The Labute approximate surface area is 110 Å². The van der Waals surface area contributed by atoms with Gasteiger partial charge in [0.25, 0.3) is 0 Å². The molecule has 0 N–H and O–H groups in total. The topological polar surface area (TPSA) is 9.23 Å². The van der Waals surface area contributed by atoms with Gasteiger partial charge >= 0.3 is 0 Å². The highest BCUT2D eigenvalue weighted by Gasteiger charge is 2.35. The molecule has 0 fully saturated rings. The molecule has 1 aromatic carbocycles. The predicted octanol–water partition coefficient (Wildman–Crippen LogP) is 4.60. The van der Waals surface area contributed by atoms with E-state index in [9.17, 15) is 0 Å². The van der Waals surface area contributed by atoms with Crippen molar-refractivity contribution in [3.63, 3.8) is 0 Å². The van der Waals surface area contributed by atoms with Crippen molar-refractivity contribution < 1.29 is 4.74 Å². The van der Waals surface area contributed by atoms with Gasteiger partial charge < -0.3 is 4.74 Å². The van der Waals surface area contributed by atoms with E-state index in [1.54, 1.807) is 0 Å². The molecule has 0 amide bonds. The molecule has 2 rings (SSSR count). The highest BCUT2D eigenvalue weighted by Crippen LogP contribution is 2.40. The molecule has 1 heteroatoms. The third-order valence-electron chi connectivity index (χ3n) is 3.41. The first-order chi connectivity index (χ1) is 8.69. The second-order valence-electron chi connectivity index (χ2n) is 5.01. The summed E-state index contributed by atoms with van der Waals surface area (Å²) in [6.45, 7) is 6.40. The summed E-state index contributed by atoms with van der Waals surface area (Å²) in [7, 11) is 0. The second-order valence-corrected chi connectivity index (χ2v) is 5.01. The van der Waals surface area contributed by atoms with Gasteiger partial charge in [-0.15, -0.1) is 0 Å². The number of hydrogen-bond acceptors (Lipinski definition) is 1. The van der Waals surface area contributed by atoms with Gasteiger partial charge in [0.05, 0.1) is 6.10 Å². The van der Waals surface area contributed by atoms with Crippen molar-refractivity contribution >= 4 is 0 Å². The summed E-state index contributed by atoms with van der Waals surface area (Å²) < 4.78 is 6.34. The van der Waals surface area contributed by atoms with Crippen LogP contribution in [0.5, 0.6) is 0 Å². The zero-order valence-corrected chi connectivity index (χ0v) is 11.5. The Hall–Kier alpha value is -1.34. The molecule has 1 atom stereocenters. The molecule has 0 saturated heterocycles. The molecular formula is C17H22O. The van der Waals surface area contributed by atoms with Crippen LogP contribution in [0.3, 0.4) is 0 Å². The lowest BCUT2D eigenvalue weighted by Crippen LogP contribution is -2.33. The number of allylic oxidation sites excluding steroid dienone is 2. The Morgan fingerprint density at radius 3 is 2.44 bits per heavy atom. The van der Waals surface area contributed by atoms with Crippen molar-refractivity contribution in [2.45, 2.75) is 45.3 Å². The number of benzene rings is 1. The number of ether oxygens (including phenoxy) is 1. The van der Waals surface area contributed by atoms with Crippen LogP contribution < -0.4 is 0 Å². The summed E-state index contributed by atoms with van der Waals surface area (Å²) in [5.74, 6) is 0. The Morgan fingerprint density at radius 2 is 1.94 bits per heavy atom. The maximum absolute atomic E-state index is 6.34. The highest BCUT2D eigenvalue weighted by atomic mass is 16.5. The fourth-order valence-electron chi connectivity index (χ4n) is 2.66. The molecule has 1 aromatic rings. The molecule has 0 aliphatic heterocycles. The Morgan fingerprint density at radius 1 is 1.22 bits per heavy atom. The molecule has 0 spiro atoms. The van der Waals surface area contributed by atoms with E-state index in [-0.39, 0.29) is 11.7 Å². The van der Waals surface area contributed by atoms with Gasteiger partial charge in [-0.3, -0.25) is 0 Å². The van der Waals surface area contributed by atoms with Crippen molar-refractivity contribution in [1.82, 2.24) is 0 Å². The molecule has 0 aromatic heterocycles. The maximum atomic E-state index is 6.34. The van der Waals surface area contributed by atoms with Gasteiger partial charge in [0.15, 0.2) is 0 Å². The van der Waals surface area contributed by atoms with Crippen LogP contribution >= 0.6 is 0 Å². The minimum absolute atomic E-state index is 0.208. The van der Waals surface area contributed by atoms with Crippen LogP contribution in [0.4, 0.5) is 0 Å². The quantitative estimate of drug-likeness (QED) is 0.733. The molecule has 1 aliphatic carbocycles. The normalized spacial score (nSPS) is 17.9. The summed E-state index contributed by atoms with van der Waals surface area (Å²) in [5.41, 5.74) is 2.26. The van der Waals surface area contributed by atoms with Crippen LogP contribution in [0.15, 0.2) is 54.1 Å². The van der Waals surface area contributed by atoms with Gasteiger partial charge in [-0.1, -0.05) is 55.5 Å². The standard InChI is InChI=1S/C17H22O/c1-4-17(18-14(2)3,16-12-8-9-13-16)15-10-6-5-7-11-15/h5-8,10-14H,4,9H2,1-3H3. The molecule has 0 radical (unpaired) electrons. The SMILES string of the molecule is CCC(OC(C)C)(C1=CCC=C1)c1ccccc1. The van der Waals surface area contributed by atoms with Crippen molar-refractivity contribution in [2.75, 3.05) is 0 Å². The van der Waals surface area contributed by atoms with Crippen LogP contribution in [0.25, 0.3) is 0 Å². The van der Waals surface area contributed by atoms with Gasteiger partial charge in [-0.25, -0.2) is 0 Å². The van der Waals surface area contributed by atoms with Gasteiger partial charge in [-0.2, -0.15) is 0 Å². The van der Waals surface area contributed by atoms with Gasteiger partial charge in [0.1, 0.15) is 5.60 Å². The zero-order chi connectivity index (χ0) is 13.0. The van der Waals surface area contributed by atoms with Crippen molar-refractivity contribution in [3.05, 3.63) is 59.7 Å². The smallest absolute Gasteiger partial charge is 0.118 e. The Kier molecular flexibility index (Phi) is 4.03. The third kappa shape index (κ3) is 2.41. The summed E-state index contributed by atoms with van der Waals surface area (Å²) >= 11 is 0. The summed E-state index contributed by atoms with van der Waals surface area (Å²) in [6.07, 6.45) is 8.86. The summed E-state index contributed by atoms with van der Waals surface area (Å²) in [4.78, 5) is 0. The molecule has 18 heavy (non-hydrogen) atoms. The third-order valence-corrected chi connectivity index (χ3v) is 3.41. The highest BCUT2D eigenvalue weighted by molar-refractivity contribution is 5.42. The summed E-state index contributed by atoms with van der Waals surface area (Å²) in [6, 6.07) is 10.6. The lowest BCUT2D eigenvalue weighted by atomic mass is 9.83. The zero-order valence-electron chi connectivity index (χ0n) is 11.5. The van der Waals surface area contributed by atoms with Crippen LogP contribution in [0.1, 0.15) is 39.2 Å². The van der Waals surface area contributed by atoms with E-state index in [4.69, 9.17) is 4.74 Å². The molecule has 1 aliphatic rings. The largest absolute Gasteiger partial charge is 0.363 e. The van der Waals surface area contributed by atoms with Gasteiger partial charge in [-0.05, 0) is 37.8 Å². The van der Waals surface area contributed by atoms with Crippen LogP contribution in [-0.4, -0.2) is 6.10 Å². The molecule has 1 unspecified atom stereocenters. The summed E-state index contributed by atoms with van der Waals surface area (Å²) in [5, 5.41) is 0. The first-order valence-electron chi connectivity index (χ1n) is 6.79. The van der Waals surface area contributed by atoms with E-state index in [1.165, 1.54) is 11.1 Å². The van der Waals surface area contributed by atoms with Crippen molar-refractivity contribution in [1.29, 1.82) is 0 Å². The number of rotatable bonds is 5. The fourth-order valence-corrected chi connectivity index (χ4v) is 2.66. The first-order valence-corrected chi connectivity index (χ1v) is 6.79. The lowest BCUT2D eigenvalue weighted by Gasteiger charge is -2.36. The Balaban J connectivity index is 2.47. The van der Waals surface area contributed by atoms with E-state index >= 15 is 0 Å². The molecule has 0 heterocycles. The maximum Gasteiger partial charge on any atom is 0.118 e. The molecular weight excluding hydrogens is 220 g/mol. The lowest BCUT2D eigenvalue weighted by molar-refractivity contribution is -0.0599. The Bertz CT molecular complexity index is 442.